The summed E-state index contributed by atoms with van der Waals surface area (Å²) >= 11 is 6.15. The number of nitrogen functional groups attached to an aromatic ring is 1. The van der Waals surface area contributed by atoms with Crippen LogP contribution in [-0.2, 0) is 38.1 Å². The lowest BCUT2D eigenvalue weighted by Gasteiger charge is -2.46. The Labute approximate surface area is 335 Å². The number of piperidine rings is 2. The number of hydrogen-bond acceptors (Lipinski definition) is 9. The van der Waals surface area contributed by atoms with E-state index in [9.17, 15) is 32.3 Å². The fourth-order valence-electron chi connectivity index (χ4n) is 9.38. The highest BCUT2D eigenvalue weighted by Gasteiger charge is 2.44. The van der Waals surface area contributed by atoms with Crippen LogP contribution in [-0.4, -0.2) is 138 Å². The van der Waals surface area contributed by atoms with Gasteiger partial charge in [-0.1, -0.05) is 29.8 Å². The third-order valence-electron chi connectivity index (χ3n) is 12.4. The van der Waals surface area contributed by atoms with Crippen molar-refractivity contribution in [2.24, 2.45) is 0 Å². The molecule has 3 N–H and O–H groups in total. The number of halogens is 4. The summed E-state index contributed by atoms with van der Waals surface area (Å²) in [7, 11) is 0. The number of rotatable bonds is 9. The number of para-hydroxylation sites is 1. The van der Waals surface area contributed by atoms with E-state index in [4.69, 9.17) is 26.8 Å². The summed E-state index contributed by atoms with van der Waals surface area (Å²) in [6, 6.07) is 10.4. The Bertz CT molecular complexity index is 1810. The van der Waals surface area contributed by atoms with Crippen LogP contribution in [0.15, 0.2) is 36.4 Å². The number of carbonyl (C=O) groups excluding carboxylic acids is 4. The fraction of sp³-hybridized carbons (Fsp3) is 0.600. The molecule has 0 spiro atoms. The Morgan fingerprint density at radius 3 is 2.26 bits per heavy atom. The van der Waals surface area contributed by atoms with Crippen molar-refractivity contribution >= 4 is 47.0 Å². The number of alkyl halides is 3. The highest BCUT2D eigenvalue weighted by Crippen LogP contribution is 2.39. The Hall–Kier alpha value is -4.28. The highest BCUT2D eigenvalue weighted by atomic mass is 35.5. The van der Waals surface area contributed by atoms with Crippen LogP contribution in [0.4, 0.5) is 34.1 Å². The van der Waals surface area contributed by atoms with Gasteiger partial charge < -0.3 is 35.2 Å². The van der Waals surface area contributed by atoms with Gasteiger partial charge in [-0.3, -0.25) is 19.4 Å². The average Bonchev–Trinajstić information content (AvgIpc) is 3.32. The molecule has 4 saturated heterocycles. The van der Waals surface area contributed by atoms with Gasteiger partial charge >= 0.3 is 24.3 Å². The number of amides is 4. The molecule has 4 fully saturated rings. The number of ether oxygens (including phenoxy) is 2. The number of fused-ring (bicyclic) bond motifs is 3. The zero-order valence-electron chi connectivity index (χ0n) is 32.1. The van der Waals surface area contributed by atoms with Gasteiger partial charge in [0, 0.05) is 82.1 Å². The molecule has 2 aromatic rings. The topological polar surface area (TPSA) is 141 Å². The summed E-state index contributed by atoms with van der Waals surface area (Å²) in [6.45, 7) is 5.40. The average molecular weight is 818 g/mol. The Kier molecular flexibility index (Phi) is 12.4. The van der Waals surface area contributed by atoms with Crippen molar-refractivity contribution in [3.05, 3.63) is 58.1 Å². The smallest absolute Gasteiger partial charge is 0.418 e. The number of anilines is 2. The van der Waals surface area contributed by atoms with Crippen LogP contribution < -0.4 is 11.1 Å². The summed E-state index contributed by atoms with van der Waals surface area (Å²) in [4.78, 5) is 62.8. The van der Waals surface area contributed by atoms with E-state index < -0.39 is 35.5 Å². The van der Waals surface area contributed by atoms with Crippen molar-refractivity contribution in [1.29, 1.82) is 0 Å². The van der Waals surface area contributed by atoms with Gasteiger partial charge in [0.25, 0.3) is 5.91 Å². The van der Waals surface area contributed by atoms with Crippen LogP contribution in [0.5, 0.6) is 0 Å². The normalized spacial score (nSPS) is 24.1. The quantitative estimate of drug-likeness (QED) is 0.257. The van der Waals surface area contributed by atoms with E-state index in [0.717, 1.165) is 43.0 Å². The van der Waals surface area contributed by atoms with Crippen molar-refractivity contribution in [1.82, 2.24) is 24.5 Å². The van der Waals surface area contributed by atoms with E-state index in [0.29, 0.717) is 83.3 Å². The van der Waals surface area contributed by atoms with Gasteiger partial charge in [-0.05, 0) is 81.2 Å². The molecule has 2 aromatic carbocycles. The minimum atomic E-state index is -4.79. The predicted octanol–water partition coefficient (Wildman–Crippen LogP) is 5.25. The molecule has 2 unspecified atom stereocenters. The maximum absolute atomic E-state index is 14.2. The number of nitrogens with two attached hydrogens (primary N) is 1. The lowest BCUT2D eigenvalue weighted by Crippen LogP contribution is -2.58. The Balaban J connectivity index is 0.994. The van der Waals surface area contributed by atoms with Crippen LogP contribution in [0.2, 0.25) is 5.02 Å². The zero-order chi connectivity index (χ0) is 40.4. The number of benzene rings is 2. The third-order valence-corrected chi connectivity index (χ3v) is 12.7. The van der Waals surface area contributed by atoms with Crippen LogP contribution in [0, 0.1) is 0 Å². The van der Waals surface area contributed by atoms with Crippen LogP contribution in [0.3, 0.4) is 0 Å². The molecule has 17 heteroatoms. The van der Waals surface area contributed by atoms with Gasteiger partial charge in [0.1, 0.15) is 0 Å². The molecule has 0 radical (unpaired) electrons. The molecule has 4 amide bonds. The lowest BCUT2D eigenvalue weighted by atomic mass is 9.95. The monoisotopic (exact) mass is 817 g/mol. The van der Waals surface area contributed by atoms with E-state index in [1.54, 1.807) is 16.7 Å². The second-order valence-electron chi connectivity index (χ2n) is 15.7. The summed E-state index contributed by atoms with van der Waals surface area (Å²) in [5, 5.41) is 2.68. The van der Waals surface area contributed by atoms with Gasteiger partial charge in [0.05, 0.1) is 29.4 Å². The van der Waals surface area contributed by atoms with Gasteiger partial charge in [-0.15, -0.1) is 0 Å². The first-order valence-electron chi connectivity index (χ1n) is 20.0. The van der Waals surface area contributed by atoms with Crippen LogP contribution in [0.25, 0.3) is 0 Å². The second kappa shape index (κ2) is 17.3. The van der Waals surface area contributed by atoms with Crippen LogP contribution in [0.1, 0.15) is 62.1 Å². The van der Waals surface area contributed by atoms with E-state index in [1.807, 2.05) is 24.3 Å². The molecular weight excluding hydrogens is 767 g/mol. The second-order valence-corrected chi connectivity index (χ2v) is 16.1. The van der Waals surface area contributed by atoms with Crippen molar-refractivity contribution in [2.45, 2.75) is 94.7 Å². The predicted molar refractivity (Wildman–Crippen MR) is 207 cm³/mol. The number of nitrogens with zero attached hydrogens (tertiary/aromatic N) is 5. The molecule has 5 aliphatic rings. The fourth-order valence-corrected chi connectivity index (χ4v) is 9.62. The molecule has 7 rings (SSSR count). The number of nitrogens with one attached hydrogen (secondary N) is 1. The minimum Gasteiger partial charge on any atom is -0.465 e. The van der Waals surface area contributed by atoms with Gasteiger partial charge in [-0.2, -0.15) is 13.2 Å². The largest absolute Gasteiger partial charge is 0.465 e. The molecule has 57 heavy (non-hydrogen) atoms. The molecule has 0 saturated carbocycles. The van der Waals surface area contributed by atoms with Gasteiger partial charge in [0.15, 0.2) is 6.10 Å². The number of carbonyl (C=O) groups is 4. The molecule has 0 aromatic heterocycles. The van der Waals surface area contributed by atoms with Crippen molar-refractivity contribution in [3.63, 3.8) is 0 Å². The Morgan fingerprint density at radius 2 is 1.60 bits per heavy atom. The lowest BCUT2D eigenvalue weighted by molar-refractivity contribution is -0.146. The molecular formula is C40H51ClF3N7O6. The highest BCUT2D eigenvalue weighted by molar-refractivity contribution is 6.33. The molecule has 5 heterocycles. The van der Waals surface area contributed by atoms with E-state index in [2.05, 4.69) is 15.1 Å². The molecule has 0 aliphatic carbocycles. The SMILES string of the molecule is CCOC(=O)CN1C2CCC1CC(N1CCN(C(=O)[C@@H](Cc3cc(Cl)c(N)c(C(F)(F)F)c3)OC(=O)N3CCC(N4CCc5ccccc5NC4=O)CC3)CC1)C2. The van der Waals surface area contributed by atoms with Crippen molar-refractivity contribution in [3.8, 4) is 0 Å². The summed E-state index contributed by atoms with van der Waals surface area (Å²) in [5.74, 6) is -0.700. The summed E-state index contributed by atoms with van der Waals surface area (Å²) in [5.41, 5.74) is 5.84. The molecule has 2 bridgehead atoms. The first-order chi connectivity index (χ1) is 27.3. The number of esters is 1. The number of urea groups is 1. The molecule has 310 valence electrons. The number of hydrogen-bond donors (Lipinski definition) is 2. The summed E-state index contributed by atoms with van der Waals surface area (Å²) in [6.07, 6.45) is -1.74. The Morgan fingerprint density at radius 1 is 0.912 bits per heavy atom. The molecule has 3 atom stereocenters. The maximum atomic E-state index is 14.2. The maximum Gasteiger partial charge on any atom is 0.418 e. The standard InChI is InChI=1S/C40H51ClF3N7O6/c1-2-56-35(52)24-51-28-7-8-29(51)23-30(22-28)47-15-17-48(18-16-47)37(53)34(21-25-19-31(40(42,43)44)36(45)32(41)20-25)57-39(55)49-12-10-27(11-13-49)50-14-9-26-5-3-4-6-33(26)46-38(50)54/h3-6,19-20,27-30,34H,2,7-18,21-24,45H2,1H3,(H,46,54)/t28?,29?,30?,34-/m1/s1. The van der Waals surface area contributed by atoms with Gasteiger partial charge in [-0.25, -0.2) is 9.59 Å². The first kappa shape index (κ1) is 40.9. The van der Waals surface area contributed by atoms with E-state index in [-0.39, 0.29) is 48.1 Å². The van der Waals surface area contributed by atoms with E-state index >= 15 is 0 Å². The third kappa shape index (κ3) is 9.23. The van der Waals surface area contributed by atoms with Gasteiger partial charge in [0.2, 0.25) is 0 Å². The van der Waals surface area contributed by atoms with Crippen molar-refractivity contribution in [2.75, 3.05) is 70.0 Å². The number of piperazine rings is 1. The van der Waals surface area contributed by atoms with E-state index in [1.165, 1.54) is 11.0 Å². The number of likely N-dealkylation sites (tertiary alicyclic amines) is 1. The minimum absolute atomic E-state index is 0.0586. The van der Waals surface area contributed by atoms with Crippen LogP contribution >= 0.6 is 11.6 Å². The molecule has 13 nitrogen and oxygen atoms in total. The first-order valence-corrected chi connectivity index (χ1v) is 20.4. The summed E-state index contributed by atoms with van der Waals surface area (Å²) < 4.78 is 52.9. The van der Waals surface area contributed by atoms with Crippen molar-refractivity contribution < 1.29 is 41.8 Å². The zero-order valence-corrected chi connectivity index (χ0v) is 32.9. The molecule has 5 aliphatic heterocycles.